The first-order valence-corrected chi connectivity index (χ1v) is 9.76. The van der Waals surface area contributed by atoms with Crippen LogP contribution in [0.15, 0.2) is 65.6 Å². The summed E-state index contributed by atoms with van der Waals surface area (Å²) >= 11 is 0. The van der Waals surface area contributed by atoms with E-state index in [1.807, 2.05) is 0 Å². The lowest BCUT2D eigenvalue weighted by atomic mass is 10.1. The van der Waals surface area contributed by atoms with Crippen LogP contribution in [0.25, 0.3) is 10.8 Å². The molecular weight excluding hydrogens is 384 g/mol. The number of hydrogen-bond donors (Lipinski definition) is 0. The van der Waals surface area contributed by atoms with Gasteiger partial charge in [0.2, 0.25) is 0 Å². The molecule has 8 nitrogen and oxygen atoms in total. The van der Waals surface area contributed by atoms with Crippen molar-refractivity contribution in [2.75, 3.05) is 10.8 Å². The van der Waals surface area contributed by atoms with E-state index in [1.54, 1.807) is 36.4 Å². The molecule has 0 N–H and O–H groups in total. The van der Waals surface area contributed by atoms with Crippen molar-refractivity contribution >= 4 is 38.1 Å². The monoisotopic (exact) mass is 398 g/mol. The van der Waals surface area contributed by atoms with Gasteiger partial charge in [-0.15, -0.1) is 0 Å². The zero-order valence-corrected chi connectivity index (χ0v) is 15.3. The van der Waals surface area contributed by atoms with E-state index >= 15 is 0 Å². The SMILES string of the molecule is O=C(CN1c2cccc3cccc(c23)S1(=O)=O)OCc1ccccc1[N+](=O)[O-]. The number of ether oxygens (including phenoxy) is 1. The maximum atomic E-state index is 12.8. The Morgan fingerprint density at radius 3 is 2.50 bits per heavy atom. The highest BCUT2D eigenvalue weighted by Gasteiger charge is 2.37. The largest absolute Gasteiger partial charge is 0.459 e. The van der Waals surface area contributed by atoms with Crippen LogP contribution in [0.4, 0.5) is 11.4 Å². The molecule has 9 heteroatoms. The van der Waals surface area contributed by atoms with Gasteiger partial charge in [-0.2, -0.15) is 0 Å². The molecule has 3 aromatic rings. The van der Waals surface area contributed by atoms with Gasteiger partial charge in [0.15, 0.2) is 0 Å². The highest BCUT2D eigenvalue weighted by atomic mass is 32.2. The summed E-state index contributed by atoms with van der Waals surface area (Å²) in [6.07, 6.45) is 0. The van der Waals surface area contributed by atoms with E-state index in [-0.39, 0.29) is 22.8 Å². The molecule has 0 saturated carbocycles. The van der Waals surface area contributed by atoms with Crippen LogP contribution >= 0.6 is 0 Å². The standard InChI is InChI=1S/C19H14N2O6S/c22-18(27-12-14-5-1-2-8-15(14)21(23)24)11-20-16-9-3-6-13-7-4-10-17(19(13)16)28(20,25)26/h1-10H,11-12H2. The number of rotatable bonds is 5. The van der Waals surface area contributed by atoms with Crippen LogP contribution < -0.4 is 4.31 Å². The number of nitrogens with zero attached hydrogens (tertiary/aromatic N) is 2. The zero-order chi connectivity index (χ0) is 19.9. The number of nitro benzene ring substituents is 1. The molecule has 0 aliphatic carbocycles. The second-order valence-electron chi connectivity index (χ2n) is 6.19. The third kappa shape index (κ3) is 2.85. The first kappa shape index (κ1) is 17.9. The van der Waals surface area contributed by atoms with Crippen LogP contribution in [0.2, 0.25) is 0 Å². The number of hydrogen-bond acceptors (Lipinski definition) is 6. The summed E-state index contributed by atoms with van der Waals surface area (Å²) in [7, 11) is -3.87. The minimum Gasteiger partial charge on any atom is -0.459 e. The van der Waals surface area contributed by atoms with Crippen molar-refractivity contribution in [3.8, 4) is 0 Å². The fourth-order valence-electron chi connectivity index (χ4n) is 3.26. The van der Waals surface area contributed by atoms with Gasteiger partial charge in [0.05, 0.1) is 21.1 Å². The lowest BCUT2D eigenvalue weighted by molar-refractivity contribution is -0.385. The number of para-hydroxylation sites is 1. The number of esters is 1. The van der Waals surface area contributed by atoms with Crippen LogP contribution in [0.1, 0.15) is 5.56 Å². The molecule has 28 heavy (non-hydrogen) atoms. The fourth-order valence-corrected chi connectivity index (χ4v) is 4.92. The maximum Gasteiger partial charge on any atom is 0.327 e. The lowest BCUT2D eigenvalue weighted by Crippen LogP contribution is -2.33. The van der Waals surface area contributed by atoms with E-state index < -0.39 is 27.5 Å². The molecule has 0 atom stereocenters. The van der Waals surface area contributed by atoms with E-state index in [0.717, 1.165) is 9.69 Å². The Kier molecular flexibility index (Phi) is 4.23. The Labute approximate surface area is 160 Å². The Morgan fingerprint density at radius 2 is 1.75 bits per heavy atom. The third-order valence-corrected chi connectivity index (χ3v) is 6.33. The molecule has 142 valence electrons. The van der Waals surface area contributed by atoms with E-state index in [1.165, 1.54) is 24.3 Å². The Bertz CT molecular complexity index is 1220. The third-order valence-electron chi connectivity index (χ3n) is 4.53. The molecule has 0 amide bonds. The van der Waals surface area contributed by atoms with Crippen molar-refractivity contribution < 1.29 is 22.9 Å². The Balaban J connectivity index is 1.57. The average Bonchev–Trinajstić information content (AvgIpc) is 2.90. The van der Waals surface area contributed by atoms with E-state index in [9.17, 15) is 23.3 Å². The quantitative estimate of drug-likeness (QED) is 0.371. The molecule has 0 aromatic heterocycles. The molecule has 1 aliphatic heterocycles. The number of benzene rings is 3. The van der Waals surface area contributed by atoms with Gasteiger partial charge in [-0.25, -0.2) is 8.42 Å². The lowest BCUT2D eigenvalue weighted by Gasteiger charge is -2.17. The minimum atomic E-state index is -3.87. The van der Waals surface area contributed by atoms with E-state index in [2.05, 4.69) is 0 Å². The fraction of sp³-hybridized carbons (Fsp3) is 0.105. The number of carbonyl (C=O) groups is 1. The van der Waals surface area contributed by atoms with Crippen LogP contribution in [0.5, 0.6) is 0 Å². The number of nitro groups is 1. The van der Waals surface area contributed by atoms with Crippen molar-refractivity contribution in [3.05, 3.63) is 76.3 Å². The van der Waals surface area contributed by atoms with Gasteiger partial charge in [-0.3, -0.25) is 19.2 Å². The van der Waals surface area contributed by atoms with Crippen molar-refractivity contribution in [2.24, 2.45) is 0 Å². The molecule has 1 heterocycles. The summed E-state index contributed by atoms with van der Waals surface area (Å²) in [6, 6.07) is 16.0. The van der Waals surface area contributed by atoms with Crippen molar-refractivity contribution in [3.63, 3.8) is 0 Å². The second-order valence-corrected chi connectivity index (χ2v) is 8.02. The Morgan fingerprint density at radius 1 is 1.04 bits per heavy atom. The number of sulfonamides is 1. The van der Waals surface area contributed by atoms with Crippen LogP contribution in [0, 0.1) is 10.1 Å². The minimum absolute atomic E-state index is 0.145. The molecule has 1 aliphatic rings. The molecular formula is C19H14N2O6S. The summed E-state index contributed by atoms with van der Waals surface area (Å²) in [5.41, 5.74) is 0.479. The second kappa shape index (κ2) is 6.61. The van der Waals surface area contributed by atoms with Gasteiger partial charge in [0.1, 0.15) is 13.2 Å². The summed E-state index contributed by atoms with van der Waals surface area (Å²) in [5, 5.41) is 12.4. The summed E-state index contributed by atoms with van der Waals surface area (Å²) in [4.78, 5) is 22.9. The van der Waals surface area contributed by atoms with Crippen LogP contribution in [0.3, 0.4) is 0 Å². The van der Waals surface area contributed by atoms with Crippen molar-refractivity contribution in [1.82, 2.24) is 0 Å². The zero-order valence-electron chi connectivity index (χ0n) is 14.4. The van der Waals surface area contributed by atoms with Crippen molar-refractivity contribution in [1.29, 1.82) is 0 Å². The van der Waals surface area contributed by atoms with Gasteiger partial charge >= 0.3 is 5.97 Å². The summed E-state index contributed by atoms with van der Waals surface area (Å²) < 4.78 is 31.8. The van der Waals surface area contributed by atoms with E-state index in [0.29, 0.717) is 11.1 Å². The topological polar surface area (TPSA) is 107 Å². The van der Waals surface area contributed by atoms with Crippen LogP contribution in [-0.2, 0) is 26.2 Å². The first-order chi connectivity index (χ1) is 13.4. The predicted octanol–water partition coefficient (Wildman–Crippen LogP) is 3.00. The van der Waals surface area contributed by atoms with Gasteiger partial charge in [0, 0.05) is 11.5 Å². The van der Waals surface area contributed by atoms with Gasteiger partial charge in [0.25, 0.3) is 15.7 Å². The van der Waals surface area contributed by atoms with Gasteiger partial charge < -0.3 is 4.74 Å². The van der Waals surface area contributed by atoms with Crippen molar-refractivity contribution in [2.45, 2.75) is 11.5 Å². The number of carbonyl (C=O) groups excluding carboxylic acids is 1. The normalized spacial score (nSPS) is 14.2. The first-order valence-electron chi connectivity index (χ1n) is 8.32. The molecule has 0 fully saturated rings. The maximum absolute atomic E-state index is 12.8. The van der Waals surface area contributed by atoms with E-state index in [4.69, 9.17) is 4.74 Å². The van der Waals surface area contributed by atoms with Gasteiger partial charge in [-0.1, -0.05) is 36.4 Å². The van der Waals surface area contributed by atoms with Gasteiger partial charge in [-0.05, 0) is 23.6 Å². The number of anilines is 1. The highest BCUT2D eigenvalue weighted by molar-refractivity contribution is 7.93. The molecule has 4 rings (SSSR count). The Hall–Kier alpha value is -3.46. The van der Waals surface area contributed by atoms with Crippen LogP contribution in [-0.4, -0.2) is 25.9 Å². The molecule has 0 radical (unpaired) electrons. The predicted molar refractivity (Wildman–Crippen MR) is 101 cm³/mol. The highest BCUT2D eigenvalue weighted by Crippen LogP contribution is 2.41. The molecule has 0 unspecified atom stereocenters. The molecule has 0 bridgehead atoms. The smallest absolute Gasteiger partial charge is 0.327 e. The molecule has 0 spiro atoms. The summed E-state index contributed by atoms with van der Waals surface area (Å²) in [6.45, 7) is -0.836. The molecule has 3 aromatic carbocycles. The summed E-state index contributed by atoms with van der Waals surface area (Å²) in [5.74, 6) is -0.800. The average molecular weight is 398 g/mol. The molecule has 0 saturated heterocycles.